The van der Waals surface area contributed by atoms with Crippen molar-refractivity contribution in [2.24, 2.45) is 5.92 Å². The lowest BCUT2D eigenvalue weighted by Gasteiger charge is -2.27. The summed E-state index contributed by atoms with van der Waals surface area (Å²) in [5, 5.41) is 0. The van der Waals surface area contributed by atoms with Crippen LogP contribution in [0.4, 0.5) is 5.82 Å². The molecule has 1 aromatic heterocycles. The summed E-state index contributed by atoms with van der Waals surface area (Å²) in [5.41, 5.74) is 7.33. The van der Waals surface area contributed by atoms with E-state index in [0.717, 1.165) is 15.3 Å². The molecule has 2 fully saturated rings. The molecule has 4 heteroatoms. The SMILES string of the molecule is CCC1CCCC(c2nc(N)c(I)c(C3CC3)n2)C1. The molecule has 0 bridgehead atoms. The van der Waals surface area contributed by atoms with Crippen LogP contribution in [0.3, 0.4) is 0 Å². The van der Waals surface area contributed by atoms with Gasteiger partial charge in [0.2, 0.25) is 0 Å². The molecule has 2 N–H and O–H groups in total. The van der Waals surface area contributed by atoms with E-state index in [0.29, 0.717) is 17.7 Å². The number of aromatic nitrogens is 2. The Bertz CT molecular complexity index is 471. The summed E-state index contributed by atoms with van der Waals surface area (Å²) in [6, 6.07) is 0. The van der Waals surface area contributed by atoms with Crippen LogP contribution in [0, 0.1) is 9.49 Å². The first-order valence-corrected chi connectivity index (χ1v) is 8.59. The van der Waals surface area contributed by atoms with Crippen molar-refractivity contribution in [2.45, 2.75) is 63.7 Å². The zero-order valence-corrected chi connectivity index (χ0v) is 13.7. The Labute approximate surface area is 128 Å². The molecular weight excluding hydrogens is 349 g/mol. The minimum absolute atomic E-state index is 0.537. The van der Waals surface area contributed by atoms with Gasteiger partial charge in [0.05, 0.1) is 9.26 Å². The van der Waals surface area contributed by atoms with Gasteiger partial charge in [-0.15, -0.1) is 0 Å². The van der Waals surface area contributed by atoms with E-state index in [-0.39, 0.29) is 0 Å². The predicted molar refractivity (Wildman–Crippen MR) is 86.1 cm³/mol. The van der Waals surface area contributed by atoms with Gasteiger partial charge in [-0.3, -0.25) is 0 Å². The van der Waals surface area contributed by atoms with Gasteiger partial charge in [-0.05, 0) is 54.2 Å². The first-order chi connectivity index (χ1) is 9.19. The highest BCUT2D eigenvalue weighted by Gasteiger charge is 2.31. The fourth-order valence-corrected chi connectivity index (χ4v) is 3.89. The van der Waals surface area contributed by atoms with Crippen LogP contribution in [-0.4, -0.2) is 9.97 Å². The second-order valence-electron chi connectivity index (χ2n) is 6.08. The van der Waals surface area contributed by atoms with Crippen molar-refractivity contribution in [1.29, 1.82) is 0 Å². The number of nitrogens with two attached hydrogens (primary N) is 1. The summed E-state index contributed by atoms with van der Waals surface area (Å²) in [6.45, 7) is 2.30. The molecule has 0 amide bonds. The molecule has 3 rings (SSSR count). The number of hydrogen-bond acceptors (Lipinski definition) is 3. The van der Waals surface area contributed by atoms with Crippen molar-refractivity contribution in [1.82, 2.24) is 9.97 Å². The van der Waals surface area contributed by atoms with Crippen LogP contribution < -0.4 is 5.73 Å². The molecule has 104 valence electrons. The molecule has 2 unspecified atom stereocenters. The van der Waals surface area contributed by atoms with Crippen LogP contribution in [-0.2, 0) is 0 Å². The van der Waals surface area contributed by atoms with Gasteiger partial charge in [0.1, 0.15) is 11.6 Å². The van der Waals surface area contributed by atoms with Crippen molar-refractivity contribution in [3.63, 3.8) is 0 Å². The number of rotatable bonds is 3. The molecule has 0 aliphatic heterocycles. The van der Waals surface area contributed by atoms with Crippen LogP contribution in [0.1, 0.15) is 75.2 Å². The largest absolute Gasteiger partial charge is 0.383 e. The predicted octanol–water partition coefficient (Wildman–Crippen LogP) is 4.22. The van der Waals surface area contributed by atoms with Gasteiger partial charge in [0, 0.05) is 11.8 Å². The standard InChI is InChI=1S/C15H22IN3/c1-2-9-4-3-5-11(8-9)15-18-13(10-6-7-10)12(16)14(17)19-15/h9-11H,2-8H2,1H3,(H2,17,18,19). The Hall–Kier alpha value is -0.390. The van der Waals surface area contributed by atoms with Gasteiger partial charge in [-0.1, -0.05) is 26.2 Å². The van der Waals surface area contributed by atoms with Crippen LogP contribution >= 0.6 is 22.6 Å². The van der Waals surface area contributed by atoms with Crippen molar-refractivity contribution in [3.8, 4) is 0 Å². The number of anilines is 1. The molecule has 2 saturated carbocycles. The van der Waals surface area contributed by atoms with E-state index in [1.165, 1.54) is 50.6 Å². The van der Waals surface area contributed by atoms with Gasteiger partial charge in [-0.2, -0.15) is 0 Å². The van der Waals surface area contributed by atoms with Crippen LogP contribution in [0.2, 0.25) is 0 Å². The van der Waals surface area contributed by atoms with E-state index >= 15 is 0 Å². The summed E-state index contributed by atoms with van der Waals surface area (Å²) < 4.78 is 1.09. The highest BCUT2D eigenvalue weighted by Crippen LogP contribution is 2.43. The smallest absolute Gasteiger partial charge is 0.140 e. The summed E-state index contributed by atoms with van der Waals surface area (Å²) >= 11 is 2.31. The van der Waals surface area contributed by atoms with Crippen molar-refractivity contribution in [3.05, 3.63) is 15.1 Å². The van der Waals surface area contributed by atoms with Crippen LogP contribution in [0.5, 0.6) is 0 Å². The highest BCUT2D eigenvalue weighted by atomic mass is 127. The monoisotopic (exact) mass is 371 g/mol. The lowest BCUT2D eigenvalue weighted by Crippen LogP contribution is -2.17. The minimum Gasteiger partial charge on any atom is -0.383 e. The summed E-state index contributed by atoms with van der Waals surface area (Å²) in [7, 11) is 0. The Morgan fingerprint density at radius 3 is 2.63 bits per heavy atom. The maximum atomic E-state index is 6.10. The molecule has 0 radical (unpaired) electrons. The van der Waals surface area contributed by atoms with Gasteiger partial charge in [0.25, 0.3) is 0 Å². The van der Waals surface area contributed by atoms with E-state index in [9.17, 15) is 0 Å². The first kappa shape index (κ1) is 13.6. The third kappa shape index (κ3) is 2.88. The second-order valence-corrected chi connectivity index (χ2v) is 7.16. The number of nitrogen functional groups attached to an aromatic ring is 1. The van der Waals surface area contributed by atoms with E-state index in [1.54, 1.807) is 0 Å². The zero-order chi connectivity index (χ0) is 13.4. The fraction of sp³-hybridized carbons (Fsp3) is 0.733. The quantitative estimate of drug-likeness (QED) is 0.810. The van der Waals surface area contributed by atoms with E-state index < -0.39 is 0 Å². The molecule has 3 nitrogen and oxygen atoms in total. The lowest BCUT2D eigenvalue weighted by molar-refractivity contribution is 0.307. The third-order valence-corrected chi connectivity index (χ3v) is 5.71. The van der Waals surface area contributed by atoms with E-state index in [2.05, 4.69) is 34.5 Å². The lowest BCUT2D eigenvalue weighted by atomic mass is 9.80. The van der Waals surface area contributed by atoms with Crippen molar-refractivity contribution >= 4 is 28.4 Å². The summed E-state index contributed by atoms with van der Waals surface area (Å²) in [6.07, 6.45) is 9.01. The highest BCUT2D eigenvalue weighted by molar-refractivity contribution is 14.1. The van der Waals surface area contributed by atoms with E-state index in [1.807, 2.05) is 0 Å². The minimum atomic E-state index is 0.537. The number of hydrogen-bond donors (Lipinski definition) is 1. The third-order valence-electron chi connectivity index (χ3n) is 4.61. The number of halogens is 1. The molecule has 19 heavy (non-hydrogen) atoms. The average Bonchev–Trinajstić information content (AvgIpc) is 3.26. The molecule has 0 aromatic carbocycles. The maximum absolute atomic E-state index is 6.10. The first-order valence-electron chi connectivity index (χ1n) is 7.51. The van der Waals surface area contributed by atoms with Gasteiger partial charge >= 0.3 is 0 Å². The molecule has 2 aliphatic rings. The Kier molecular flexibility index (Phi) is 3.96. The topological polar surface area (TPSA) is 51.8 Å². The van der Waals surface area contributed by atoms with E-state index in [4.69, 9.17) is 10.7 Å². The van der Waals surface area contributed by atoms with Crippen molar-refractivity contribution < 1.29 is 0 Å². The average molecular weight is 371 g/mol. The fourth-order valence-electron chi connectivity index (χ4n) is 3.21. The van der Waals surface area contributed by atoms with Crippen LogP contribution in [0.15, 0.2) is 0 Å². The molecule has 1 heterocycles. The van der Waals surface area contributed by atoms with Gasteiger partial charge < -0.3 is 5.73 Å². The molecular formula is C15H22IN3. The molecule has 0 saturated heterocycles. The normalized spacial score (nSPS) is 27.5. The Balaban J connectivity index is 1.87. The summed E-state index contributed by atoms with van der Waals surface area (Å²) in [4.78, 5) is 9.48. The maximum Gasteiger partial charge on any atom is 0.140 e. The molecule has 2 atom stereocenters. The molecule has 1 aromatic rings. The zero-order valence-electron chi connectivity index (χ0n) is 11.5. The van der Waals surface area contributed by atoms with Gasteiger partial charge in [0.15, 0.2) is 0 Å². The van der Waals surface area contributed by atoms with Crippen LogP contribution in [0.25, 0.3) is 0 Å². The summed E-state index contributed by atoms with van der Waals surface area (Å²) in [5.74, 6) is 3.77. The van der Waals surface area contributed by atoms with Gasteiger partial charge in [-0.25, -0.2) is 9.97 Å². The Morgan fingerprint density at radius 1 is 1.16 bits per heavy atom. The second kappa shape index (κ2) is 5.54. The molecule has 2 aliphatic carbocycles. The number of nitrogens with zero attached hydrogens (tertiary/aromatic N) is 2. The Morgan fingerprint density at radius 2 is 1.95 bits per heavy atom. The molecule has 0 spiro atoms. The van der Waals surface area contributed by atoms with Crippen molar-refractivity contribution in [2.75, 3.05) is 5.73 Å².